The van der Waals surface area contributed by atoms with Crippen LogP contribution in [-0.2, 0) is 0 Å². The maximum atomic E-state index is 14.1. The van der Waals surface area contributed by atoms with E-state index in [9.17, 15) is 9.59 Å². The molecule has 12 nitrogen and oxygen atoms in total. The number of nitrogens with zero attached hydrogens (tertiary/aromatic N) is 7. The standard InChI is InChI=1S/C37H42N8O4/c1-7-43(8-2)24-23-42(5)35(46)28-13-15-29(16-14-28)40-36-38-21-19-33(41-36)45(37(47)49-34-26(3)11-9-12-27(34)4)31-18-17-30(25-32(31)48-6)44-22-10-20-39-44/h9-22,25H,7-8,23-24H2,1-6H3,(H,38,40,41). The first-order valence-electron chi connectivity index (χ1n) is 16.2. The third-order valence-electron chi connectivity index (χ3n) is 8.20. The number of rotatable bonds is 13. The minimum atomic E-state index is -0.680. The first-order chi connectivity index (χ1) is 23.7. The van der Waals surface area contributed by atoms with Crippen molar-refractivity contribution >= 4 is 35.1 Å². The molecule has 0 aliphatic carbocycles. The van der Waals surface area contributed by atoms with E-state index in [1.807, 2.05) is 57.4 Å². The Bertz CT molecular complexity index is 1850. The van der Waals surface area contributed by atoms with Gasteiger partial charge < -0.3 is 24.6 Å². The number of carbonyl (C=O) groups is 2. The Hall–Kier alpha value is -5.75. The van der Waals surface area contributed by atoms with Crippen molar-refractivity contribution in [3.05, 3.63) is 108 Å². The zero-order chi connectivity index (χ0) is 34.9. The molecule has 0 aliphatic rings. The van der Waals surface area contributed by atoms with Crippen molar-refractivity contribution in [3.8, 4) is 17.2 Å². The Morgan fingerprint density at radius 2 is 1.63 bits per heavy atom. The maximum absolute atomic E-state index is 14.1. The zero-order valence-electron chi connectivity index (χ0n) is 28.8. The summed E-state index contributed by atoms with van der Waals surface area (Å²) >= 11 is 0. The van der Waals surface area contributed by atoms with Gasteiger partial charge in [-0.2, -0.15) is 10.1 Å². The summed E-state index contributed by atoms with van der Waals surface area (Å²) < 4.78 is 13.5. The van der Waals surface area contributed by atoms with Gasteiger partial charge in [-0.3, -0.25) is 4.79 Å². The molecule has 2 heterocycles. The fourth-order valence-electron chi connectivity index (χ4n) is 5.34. The monoisotopic (exact) mass is 662 g/mol. The summed E-state index contributed by atoms with van der Waals surface area (Å²) in [7, 11) is 3.35. The van der Waals surface area contributed by atoms with Gasteiger partial charge in [0, 0.05) is 62.1 Å². The molecule has 0 unspecified atom stereocenters. The van der Waals surface area contributed by atoms with Crippen LogP contribution < -0.4 is 19.7 Å². The van der Waals surface area contributed by atoms with Gasteiger partial charge in [-0.05, 0) is 80.5 Å². The number of ether oxygens (including phenoxy) is 2. The van der Waals surface area contributed by atoms with Crippen molar-refractivity contribution in [3.63, 3.8) is 0 Å². The van der Waals surface area contributed by atoms with E-state index < -0.39 is 6.09 Å². The van der Waals surface area contributed by atoms with E-state index in [0.717, 1.165) is 36.4 Å². The number of hydrogen-bond acceptors (Lipinski definition) is 9. The second-order valence-electron chi connectivity index (χ2n) is 11.4. The summed E-state index contributed by atoms with van der Waals surface area (Å²) in [5.41, 5.74) is 4.04. The Morgan fingerprint density at radius 3 is 2.29 bits per heavy atom. The van der Waals surface area contributed by atoms with Crippen molar-refractivity contribution in [2.75, 3.05) is 50.6 Å². The molecule has 1 N–H and O–H groups in total. The molecule has 0 saturated heterocycles. The molecule has 5 aromatic rings. The molecule has 49 heavy (non-hydrogen) atoms. The van der Waals surface area contributed by atoms with Crippen LogP contribution in [0.1, 0.15) is 35.3 Å². The molecule has 5 rings (SSSR count). The number of aryl methyl sites for hydroxylation is 2. The fourth-order valence-corrected chi connectivity index (χ4v) is 5.34. The van der Waals surface area contributed by atoms with Crippen LogP contribution in [0.15, 0.2) is 91.4 Å². The number of hydrogen-bond donors (Lipinski definition) is 1. The van der Waals surface area contributed by atoms with Gasteiger partial charge in [0.15, 0.2) is 0 Å². The Balaban J connectivity index is 1.42. The van der Waals surface area contributed by atoms with Gasteiger partial charge in [0.05, 0.1) is 18.5 Å². The Morgan fingerprint density at radius 1 is 0.898 bits per heavy atom. The summed E-state index contributed by atoms with van der Waals surface area (Å²) in [5, 5.41) is 7.49. The highest BCUT2D eigenvalue weighted by molar-refractivity contribution is 5.98. The molecule has 2 amide bonds. The quantitative estimate of drug-likeness (QED) is 0.146. The molecule has 254 valence electrons. The van der Waals surface area contributed by atoms with Gasteiger partial charge in [-0.25, -0.2) is 19.4 Å². The third kappa shape index (κ3) is 8.22. The average molecular weight is 663 g/mol. The Labute approximate surface area is 286 Å². The lowest BCUT2D eigenvalue weighted by molar-refractivity contribution is 0.0779. The molecule has 0 bridgehead atoms. The molecular formula is C37H42N8O4. The van der Waals surface area contributed by atoms with Crippen molar-refractivity contribution in [2.45, 2.75) is 27.7 Å². The summed E-state index contributed by atoms with van der Waals surface area (Å²) in [4.78, 5) is 41.5. The molecule has 0 atom stereocenters. The van der Waals surface area contributed by atoms with Crippen LogP contribution in [0.4, 0.5) is 27.9 Å². The maximum Gasteiger partial charge on any atom is 0.425 e. The number of para-hydroxylation sites is 1. The number of benzene rings is 3. The summed E-state index contributed by atoms with van der Waals surface area (Å²) in [6.07, 6.45) is 4.37. The van der Waals surface area contributed by atoms with Crippen molar-refractivity contribution in [2.24, 2.45) is 0 Å². The van der Waals surface area contributed by atoms with E-state index >= 15 is 0 Å². The first-order valence-corrected chi connectivity index (χ1v) is 16.2. The first kappa shape index (κ1) is 34.6. The Kier molecular flexibility index (Phi) is 11.2. The minimum Gasteiger partial charge on any atom is -0.494 e. The normalized spacial score (nSPS) is 10.9. The highest BCUT2D eigenvalue weighted by Crippen LogP contribution is 2.36. The smallest absolute Gasteiger partial charge is 0.425 e. The molecule has 0 radical (unpaired) electrons. The number of methoxy groups -OCH3 is 1. The van der Waals surface area contributed by atoms with Crippen LogP contribution in [0.3, 0.4) is 0 Å². The second-order valence-corrected chi connectivity index (χ2v) is 11.4. The minimum absolute atomic E-state index is 0.0532. The topological polar surface area (TPSA) is 118 Å². The van der Waals surface area contributed by atoms with E-state index in [-0.39, 0.29) is 17.7 Å². The van der Waals surface area contributed by atoms with Gasteiger partial charge in [0.1, 0.15) is 17.3 Å². The summed E-state index contributed by atoms with van der Waals surface area (Å²) in [5.74, 6) is 1.31. The van der Waals surface area contributed by atoms with Crippen LogP contribution in [0.2, 0.25) is 0 Å². The van der Waals surface area contributed by atoms with Crippen LogP contribution in [-0.4, -0.2) is 81.9 Å². The predicted molar refractivity (Wildman–Crippen MR) is 191 cm³/mol. The van der Waals surface area contributed by atoms with Gasteiger partial charge in [0.2, 0.25) is 5.95 Å². The number of carbonyl (C=O) groups excluding carboxylic acids is 2. The van der Waals surface area contributed by atoms with E-state index in [1.54, 1.807) is 64.4 Å². The van der Waals surface area contributed by atoms with Crippen molar-refractivity contribution in [1.29, 1.82) is 0 Å². The molecule has 0 spiro atoms. The number of aromatic nitrogens is 4. The molecule has 2 aromatic heterocycles. The molecule has 0 fully saturated rings. The third-order valence-corrected chi connectivity index (χ3v) is 8.20. The lowest BCUT2D eigenvalue weighted by atomic mass is 10.1. The van der Waals surface area contributed by atoms with Crippen LogP contribution in [0.5, 0.6) is 11.5 Å². The van der Waals surface area contributed by atoms with Crippen LogP contribution in [0.25, 0.3) is 5.69 Å². The predicted octanol–water partition coefficient (Wildman–Crippen LogP) is 6.78. The highest BCUT2D eigenvalue weighted by Gasteiger charge is 2.27. The largest absolute Gasteiger partial charge is 0.494 e. The zero-order valence-corrected chi connectivity index (χ0v) is 28.8. The van der Waals surface area contributed by atoms with E-state index in [0.29, 0.717) is 35.0 Å². The van der Waals surface area contributed by atoms with Crippen molar-refractivity contribution < 1.29 is 19.1 Å². The van der Waals surface area contributed by atoms with E-state index in [1.165, 1.54) is 12.0 Å². The summed E-state index contributed by atoms with van der Waals surface area (Å²) in [6.45, 7) is 11.3. The van der Waals surface area contributed by atoms with Gasteiger partial charge >= 0.3 is 6.09 Å². The van der Waals surface area contributed by atoms with Gasteiger partial charge in [0.25, 0.3) is 5.91 Å². The lowest BCUT2D eigenvalue weighted by Crippen LogP contribution is -2.36. The fraction of sp³-hybridized carbons (Fsp3) is 0.270. The van der Waals surface area contributed by atoms with Gasteiger partial charge in [-0.15, -0.1) is 0 Å². The number of likely N-dealkylation sites (N-methyl/N-ethyl adjacent to an activating group) is 2. The lowest BCUT2D eigenvalue weighted by Gasteiger charge is -2.24. The second kappa shape index (κ2) is 15.9. The van der Waals surface area contributed by atoms with E-state index in [2.05, 4.69) is 34.1 Å². The molecule has 0 aliphatic heterocycles. The number of amides is 2. The summed E-state index contributed by atoms with van der Waals surface area (Å²) in [6, 6.07) is 21.6. The molecule has 3 aromatic carbocycles. The molecule has 12 heteroatoms. The van der Waals surface area contributed by atoms with Crippen LogP contribution in [0, 0.1) is 13.8 Å². The number of anilines is 4. The van der Waals surface area contributed by atoms with Gasteiger partial charge in [-0.1, -0.05) is 32.0 Å². The molecule has 0 saturated carbocycles. The molecular weight excluding hydrogens is 620 g/mol. The average Bonchev–Trinajstić information content (AvgIpc) is 3.66. The van der Waals surface area contributed by atoms with E-state index in [4.69, 9.17) is 14.5 Å². The highest BCUT2D eigenvalue weighted by atomic mass is 16.6. The van der Waals surface area contributed by atoms with Crippen LogP contribution >= 0.6 is 0 Å². The SMILES string of the molecule is CCN(CC)CCN(C)C(=O)c1ccc(Nc2nccc(N(C(=O)Oc3c(C)cccc3C)c3ccc(-n4cccn4)cc3OC)n2)cc1. The number of nitrogens with one attached hydrogen (secondary N) is 1. The van der Waals surface area contributed by atoms with Crippen molar-refractivity contribution in [1.82, 2.24) is 29.5 Å².